The lowest BCUT2D eigenvalue weighted by molar-refractivity contribution is -0.146. The summed E-state index contributed by atoms with van der Waals surface area (Å²) in [4.78, 5) is 23.6. The molecule has 1 unspecified atom stereocenters. The van der Waals surface area contributed by atoms with Gasteiger partial charge in [0.2, 0.25) is 0 Å². The second-order valence-corrected chi connectivity index (χ2v) is 5.91. The molecule has 0 rings (SSSR count). The molecule has 0 aliphatic heterocycles. The molecule has 1 amide bonds. The van der Waals surface area contributed by atoms with E-state index in [9.17, 15) is 9.59 Å². The zero-order valence-electron chi connectivity index (χ0n) is 15.2. The van der Waals surface area contributed by atoms with Gasteiger partial charge in [0.1, 0.15) is 6.04 Å². The number of ether oxygens (including phenoxy) is 2. The van der Waals surface area contributed by atoms with Crippen LogP contribution in [0.2, 0.25) is 0 Å². The van der Waals surface area contributed by atoms with Crippen molar-refractivity contribution in [2.45, 2.75) is 91.0 Å². The Morgan fingerprint density at radius 1 is 0.783 bits per heavy atom. The second-order valence-electron chi connectivity index (χ2n) is 5.91. The van der Waals surface area contributed by atoms with Crippen molar-refractivity contribution in [2.75, 3.05) is 13.2 Å². The molecule has 0 saturated heterocycles. The normalized spacial score (nSPS) is 11.8. The maximum absolute atomic E-state index is 12.0. The summed E-state index contributed by atoms with van der Waals surface area (Å²) in [5, 5.41) is 2.59. The fourth-order valence-corrected chi connectivity index (χ4v) is 2.25. The first kappa shape index (κ1) is 21.7. The summed E-state index contributed by atoms with van der Waals surface area (Å²) in [7, 11) is 0. The first-order chi connectivity index (χ1) is 11.2. The molecule has 1 atom stereocenters. The number of carbonyl (C=O) groups is 2. The van der Waals surface area contributed by atoms with Gasteiger partial charge in [0.15, 0.2) is 0 Å². The number of hydrogen-bond donors (Lipinski definition) is 1. The van der Waals surface area contributed by atoms with Crippen molar-refractivity contribution < 1.29 is 19.1 Å². The molecule has 23 heavy (non-hydrogen) atoms. The molecule has 0 fully saturated rings. The molecule has 0 aliphatic rings. The van der Waals surface area contributed by atoms with Gasteiger partial charge in [0, 0.05) is 0 Å². The Morgan fingerprint density at radius 3 is 2.04 bits per heavy atom. The van der Waals surface area contributed by atoms with Crippen molar-refractivity contribution in [3.8, 4) is 0 Å². The van der Waals surface area contributed by atoms with Gasteiger partial charge in [-0.05, 0) is 19.3 Å². The summed E-state index contributed by atoms with van der Waals surface area (Å²) >= 11 is 0. The van der Waals surface area contributed by atoms with Crippen molar-refractivity contribution in [3.63, 3.8) is 0 Å². The predicted octanol–water partition coefficient (Wildman–Crippen LogP) is 4.59. The molecule has 136 valence electrons. The van der Waals surface area contributed by atoms with Crippen LogP contribution in [0, 0.1) is 0 Å². The Balaban J connectivity index is 3.85. The monoisotopic (exact) mass is 329 g/mol. The van der Waals surface area contributed by atoms with E-state index in [1.165, 1.54) is 32.1 Å². The van der Waals surface area contributed by atoms with E-state index in [1.54, 1.807) is 0 Å². The minimum absolute atomic E-state index is 0.355. The zero-order valence-corrected chi connectivity index (χ0v) is 15.2. The Hall–Kier alpha value is -1.26. The smallest absolute Gasteiger partial charge is 0.407 e. The highest BCUT2D eigenvalue weighted by Crippen LogP contribution is 2.07. The topological polar surface area (TPSA) is 64.6 Å². The summed E-state index contributed by atoms with van der Waals surface area (Å²) in [6, 6.07) is -0.603. The van der Waals surface area contributed by atoms with Gasteiger partial charge in [0.25, 0.3) is 0 Å². The van der Waals surface area contributed by atoms with E-state index >= 15 is 0 Å². The Labute approximate surface area is 141 Å². The van der Waals surface area contributed by atoms with Gasteiger partial charge < -0.3 is 14.8 Å². The molecular weight excluding hydrogens is 294 g/mol. The third-order valence-corrected chi connectivity index (χ3v) is 3.58. The van der Waals surface area contributed by atoms with E-state index in [1.807, 2.05) is 13.8 Å². The van der Waals surface area contributed by atoms with Crippen molar-refractivity contribution in [3.05, 3.63) is 0 Å². The molecule has 0 aromatic heterocycles. The summed E-state index contributed by atoms with van der Waals surface area (Å²) in [6.07, 6.45) is 9.84. The predicted molar refractivity (Wildman–Crippen MR) is 92.4 cm³/mol. The van der Waals surface area contributed by atoms with Gasteiger partial charge in [-0.15, -0.1) is 0 Å². The van der Waals surface area contributed by atoms with Crippen LogP contribution in [0.1, 0.15) is 85.0 Å². The summed E-state index contributed by atoms with van der Waals surface area (Å²) in [5.74, 6) is -0.355. The molecule has 5 heteroatoms. The SMILES string of the molecule is CCCCCCCCCOC(=O)C(CCC)NC(=O)OCCC. The first-order valence-corrected chi connectivity index (χ1v) is 9.25. The number of hydrogen-bond acceptors (Lipinski definition) is 4. The minimum Gasteiger partial charge on any atom is -0.464 e. The van der Waals surface area contributed by atoms with Crippen LogP contribution in [-0.2, 0) is 14.3 Å². The van der Waals surface area contributed by atoms with Gasteiger partial charge in [-0.3, -0.25) is 0 Å². The lowest BCUT2D eigenvalue weighted by Gasteiger charge is -2.16. The van der Waals surface area contributed by atoms with Crippen LogP contribution in [-0.4, -0.2) is 31.3 Å². The summed E-state index contributed by atoms with van der Waals surface area (Å²) in [6.45, 7) is 6.89. The maximum atomic E-state index is 12.0. The molecule has 0 radical (unpaired) electrons. The number of alkyl carbamates (subject to hydrolysis) is 1. The molecule has 0 spiro atoms. The molecule has 1 N–H and O–H groups in total. The third kappa shape index (κ3) is 12.9. The molecule has 0 aliphatic carbocycles. The van der Waals surface area contributed by atoms with Crippen LogP contribution in [0.15, 0.2) is 0 Å². The van der Waals surface area contributed by atoms with E-state index < -0.39 is 12.1 Å². The van der Waals surface area contributed by atoms with Crippen LogP contribution in [0.4, 0.5) is 4.79 Å². The summed E-state index contributed by atoms with van der Waals surface area (Å²) in [5.41, 5.74) is 0. The third-order valence-electron chi connectivity index (χ3n) is 3.58. The van der Waals surface area contributed by atoms with Crippen molar-refractivity contribution in [1.82, 2.24) is 5.32 Å². The van der Waals surface area contributed by atoms with Crippen molar-refractivity contribution in [1.29, 1.82) is 0 Å². The molecule has 0 saturated carbocycles. The number of nitrogens with one attached hydrogen (secondary N) is 1. The number of carbonyl (C=O) groups excluding carboxylic acids is 2. The largest absolute Gasteiger partial charge is 0.464 e. The van der Waals surface area contributed by atoms with Crippen LogP contribution in [0.5, 0.6) is 0 Å². The zero-order chi connectivity index (χ0) is 17.3. The van der Waals surface area contributed by atoms with E-state index in [4.69, 9.17) is 9.47 Å². The van der Waals surface area contributed by atoms with E-state index in [0.29, 0.717) is 19.6 Å². The van der Waals surface area contributed by atoms with E-state index in [0.717, 1.165) is 25.7 Å². The number of rotatable bonds is 14. The van der Waals surface area contributed by atoms with E-state index in [-0.39, 0.29) is 5.97 Å². The quantitative estimate of drug-likeness (QED) is 0.374. The van der Waals surface area contributed by atoms with Gasteiger partial charge in [0.05, 0.1) is 13.2 Å². The molecule has 0 heterocycles. The highest BCUT2D eigenvalue weighted by atomic mass is 16.6. The standard InChI is InChI=1S/C18H35NO4/c1-4-7-8-9-10-11-12-15-22-17(20)16(13-5-2)19-18(21)23-14-6-3/h16H,4-15H2,1-3H3,(H,19,21). The first-order valence-electron chi connectivity index (χ1n) is 9.25. The van der Waals surface area contributed by atoms with Crippen molar-refractivity contribution >= 4 is 12.1 Å². The maximum Gasteiger partial charge on any atom is 0.407 e. The fourth-order valence-electron chi connectivity index (χ4n) is 2.25. The van der Waals surface area contributed by atoms with Gasteiger partial charge in [-0.25, -0.2) is 9.59 Å². The fraction of sp³-hybridized carbons (Fsp3) is 0.889. The van der Waals surface area contributed by atoms with Crippen molar-refractivity contribution in [2.24, 2.45) is 0 Å². The van der Waals surface area contributed by atoms with Crippen LogP contribution < -0.4 is 5.32 Å². The molecule has 0 bridgehead atoms. The van der Waals surface area contributed by atoms with Crippen LogP contribution >= 0.6 is 0 Å². The number of amides is 1. The second kappa shape index (κ2) is 15.6. The molecular formula is C18H35NO4. The van der Waals surface area contributed by atoms with Crippen LogP contribution in [0.3, 0.4) is 0 Å². The average molecular weight is 329 g/mol. The van der Waals surface area contributed by atoms with Gasteiger partial charge in [-0.1, -0.05) is 65.7 Å². The number of esters is 1. The van der Waals surface area contributed by atoms with Gasteiger partial charge >= 0.3 is 12.1 Å². The average Bonchev–Trinajstić information content (AvgIpc) is 2.54. The summed E-state index contributed by atoms with van der Waals surface area (Å²) < 4.78 is 10.2. The Morgan fingerprint density at radius 2 is 1.43 bits per heavy atom. The minimum atomic E-state index is -0.603. The van der Waals surface area contributed by atoms with Crippen LogP contribution in [0.25, 0.3) is 0 Å². The lowest BCUT2D eigenvalue weighted by Crippen LogP contribution is -2.42. The molecule has 5 nitrogen and oxygen atoms in total. The van der Waals surface area contributed by atoms with E-state index in [2.05, 4.69) is 12.2 Å². The van der Waals surface area contributed by atoms with Gasteiger partial charge in [-0.2, -0.15) is 0 Å². The Kier molecular flexibility index (Phi) is 14.8. The molecule has 0 aromatic rings. The highest BCUT2D eigenvalue weighted by Gasteiger charge is 2.21. The Bertz CT molecular complexity index is 307. The highest BCUT2D eigenvalue weighted by molar-refractivity contribution is 5.81. The molecule has 0 aromatic carbocycles. The number of unbranched alkanes of at least 4 members (excludes halogenated alkanes) is 6. The lowest BCUT2D eigenvalue weighted by atomic mass is 10.1.